The predicted molar refractivity (Wildman–Crippen MR) is 47.0 cm³/mol. The normalized spacial score (nSPS) is 18.2. The van der Waals surface area contributed by atoms with Crippen molar-refractivity contribution >= 4 is 0 Å². The zero-order valence-corrected chi connectivity index (χ0v) is 7.91. The van der Waals surface area contributed by atoms with Gasteiger partial charge in [-0.15, -0.1) is 0 Å². The predicted octanol–water partition coefficient (Wildman–Crippen LogP) is 1.91. The van der Waals surface area contributed by atoms with E-state index < -0.39 is 0 Å². The van der Waals surface area contributed by atoms with Gasteiger partial charge in [0.25, 0.3) is 0 Å². The van der Waals surface area contributed by atoms with E-state index in [9.17, 15) is 0 Å². The van der Waals surface area contributed by atoms with Gasteiger partial charge in [-0.3, -0.25) is 0 Å². The van der Waals surface area contributed by atoms with Crippen molar-refractivity contribution in [3.05, 3.63) is 12.2 Å². The summed E-state index contributed by atoms with van der Waals surface area (Å²) in [6, 6.07) is 0.640. The molecule has 0 spiro atoms. The van der Waals surface area contributed by atoms with Crippen molar-refractivity contribution in [1.29, 1.82) is 0 Å². The van der Waals surface area contributed by atoms with E-state index in [2.05, 4.69) is 35.5 Å². The van der Waals surface area contributed by atoms with Gasteiger partial charge < -0.3 is 0 Å². The van der Waals surface area contributed by atoms with Crippen LogP contribution in [0.25, 0.3) is 0 Å². The van der Waals surface area contributed by atoms with Crippen LogP contribution in [0.1, 0.15) is 45.5 Å². The summed E-state index contributed by atoms with van der Waals surface area (Å²) in [6.07, 6.45) is 4.21. The van der Waals surface area contributed by atoms with E-state index in [1.54, 1.807) is 6.33 Å². The van der Waals surface area contributed by atoms with Crippen LogP contribution in [0.15, 0.2) is 6.33 Å². The average Bonchev–Trinajstić information content (AvgIpc) is 2.65. The Balaban J connectivity index is 2.36. The maximum absolute atomic E-state index is 4.30. The zero-order chi connectivity index (χ0) is 8.77. The second-order valence-corrected chi connectivity index (χ2v) is 4.51. The number of nitrogens with zero attached hydrogens (tertiary/aromatic N) is 3. The highest BCUT2D eigenvalue weighted by Gasteiger charge is 2.30. The summed E-state index contributed by atoms with van der Waals surface area (Å²) in [5.41, 5.74) is 0.124. The van der Waals surface area contributed by atoms with E-state index in [0.717, 1.165) is 5.82 Å². The molecule has 1 heterocycles. The van der Waals surface area contributed by atoms with Crippen molar-refractivity contribution in [2.24, 2.45) is 0 Å². The summed E-state index contributed by atoms with van der Waals surface area (Å²) in [5.74, 6) is 1.12. The lowest BCUT2D eigenvalue weighted by Crippen LogP contribution is -2.19. The summed E-state index contributed by atoms with van der Waals surface area (Å²) in [4.78, 5) is 4.30. The molecule has 0 radical (unpaired) electrons. The standard InChI is InChI=1S/C9H15N3/c1-9(2,3)8-10-6-11-12(8)7-4-5-7/h6-7H,4-5H2,1-3H3. The first kappa shape index (κ1) is 7.77. The van der Waals surface area contributed by atoms with Gasteiger partial charge in [0.2, 0.25) is 0 Å². The summed E-state index contributed by atoms with van der Waals surface area (Å²) in [5, 5.41) is 4.25. The van der Waals surface area contributed by atoms with Gasteiger partial charge >= 0.3 is 0 Å². The monoisotopic (exact) mass is 165 g/mol. The quantitative estimate of drug-likeness (QED) is 0.636. The summed E-state index contributed by atoms with van der Waals surface area (Å²) >= 11 is 0. The lowest BCUT2D eigenvalue weighted by molar-refractivity contribution is 0.477. The fourth-order valence-corrected chi connectivity index (χ4v) is 1.37. The molecular weight excluding hydrogens is 150 g/mol. The first-order valence-electron chi connectivity index (χ1n) is 4.49. The van der Waals surface area contributed by atoms with Crippen molar-refractivity contribution in [3.8, 4) is 0 Å². The van der Waals surface area contributed by atoms with Crippen LogP contribution in [-0.2, 0) is 5.41 Å². The molecule has 0 N–H and O–H groups in total. The molecule has 0 aromatic carbocycles. The van der Waals surface area contributed by atoms with Gasteiger partial charge in [0.15, 0.2) is 0 Å². The van der Waals surface area contributed by atoms with Crippen LogP contribution in [-0.4, -0.2) is 14.8 Å². The average molecular weight is 165 g/mol. The molecular formula is C9H15N3. The van der Waals surface area contributed by atoms with E-state index in [0.29, 0.717) is 6.04 Å². The first-order chi connectivity index (χ1) is 5.59. The highest BCUT2D eigenvalue weighted by atomic mass is 15.4. The van der Waals surface area contributed by atoms with Gasteiger partial charge in [-0.25, -0.2) is 9.67 Å². The molecule has 12 heavy (non-hydrogen) atoms. The third kappa shape index (κ3) is 1.24. The van der Waals surface area contributed by atoms with Crippen molar-refractivity contribution in [2.75, 3.05) is 0 Å². The molecule has 2 rings (SSSR count). The second kappa shape index (κ2) is 2.31. The second-order valence-electron chi connectivity index (χ2n) is 4.51. The summed E-state index contributed by atoms with van der Waals surface area (Å²) < 4.78 is 2.08. The molecule has 3 heteroatoms. The summed E-state index contributed by atoms with van der Waals surface area (Å²) in [6.45, 7) is 6.53. The van der Waals surface area contributed by atoms with E-state index in [-0.39, 0.29) is 5.41 Å². The molecule has 0 saturated heterocycles. The van der Waals surface area contributed by atoms with Crippen molar-refractivity contribution in [1.82, 2.24) is 14.8 Å². The molecule has 0 bridgehead atoms. The van der Waals surface area contributed by atoms with Crippen molar-refractivity contribution < 1.29 is 0 Å². The zero-order valence-electron chi connectivity index (χ0n) is 7.91. The fourth-order valence-electron chi connectivity index (χ4n) is 1.37. The maximum Gasteiger partial charge on any atom is 0.138 e. The van der Waals surface area contributed by atoms with Gasteiger partial charge in [-0.05, 0) is 12.8 Å². The molecule has 1 aromatic heterocycles. The highest BCUT2D eigenvalue weighted by molar-refractivity contribution is 5.03. The molecule has 0 unspecified atom stereocenters. The third-order valence-corrected chi connectivity index (χ3v) is 2.14. The molecule has 3 nitrogen and oxygen atoms in total. The molecule has 1 saturated carbocycles. The molecule has 66 valence electrons. The van der Waals surface area contributed by atoms with Crippen molar-refractivity contribution in [3.63, 3.8) is 0 Å². The maximum atomic E-state index is 4.30. The Morgan fingerprint density at radius 1 is 1.42 bits per heavy atom. The number of rotatable bonds is 1. The Morgan fingerprint density at radius 2 is 2.08 bits per heavy atom. The van der Waals surface area contributed by atoms with Crippen LogP contribution in [0.5, 0.6) is 0 Å². The molecule has 0 amide bonds. The Bertz CT molecular complexity index is 278. The lowest BCUT2D eigenvalue weighted by atomic mass is 9.96. The fraction of sp³-hybridized carbons (Fsp3) is 0.778. The van der Waals surface area contributed by atoms with E-state index >= 15 is 0 Å². The van der Waals surface area contributed by atoms with E-state index in [1.807, 2.05) is 0 Å². The molecule has 1 aliphatic rings. The largest absolute Gasteiger partial charge is 0.246 e. The van der Waals surface area contributed by atoms with Crippen LogP contribution < -0.4 is 0 Å². The van der Waals surface area contributed by atoms with Crippen LogP contribution in [0, 0.1) is 0 Å². The van der Waals surface area contributed by atoms with Gasteiger partial charge in [-0.2, -0.15) is 5.10 Å². The molecule has 0 aliphatic heterocycles. The first-order valence-corrected chi connectivity index (χ1v) is 4.49. The molecule has 1 aromatic rings. The van der Waals surface area contributed by atoms with Crippen molar-refractivity contribution in [2.45, 2.75) is 45.1 Å². The minimum absolute atomic E-state index is 0.124. The number of aromatic nitrogens is 3. The third-order valence-electron chi connectivity index (χ3n) is 2.14. The Hall–Kier alpha value is -0.860. The molecule has 1 aliphatic carbocycles. The van der Waals surface area contributed by atoms with Crippen LogP contribution in [0.4, 0.5) is 0 Å². The Kier molecular flexibility index (Phi) is 1.50. The molecule has 0 atom stereocenters. The lowest BCUT2D eigenvalue weighted by Gasteiger charge is -2.17. The minimum Gasteiger partial charge on any atom is -0.246 e. The highest BCUT2D eigenvalue weighted by Crippen LogP contribution is 2.36. The van der Waals surface area contributed by atoms with Crippen LogP contribution in [0.3, 0.4) is 0 Å². The SMILES string of the molecule is CC(C)(C)c1ncnn1C1CC1. The van der Waals surface area contributed by atoms with E-state index in [4.69, 9.17) is 0 Å². The minimum atomic E-state index is 0.124. The van der Waals surface area contributed by atoms with Gasteiger partial charge in [0, 0.05) is 5.41 Å². The van der Waals surface area contributed by atoms with E-state index in [1.165, 1.54) is 12.8 Å². The van der Waals surface area contributed by atoms with Gasteiger partial charge in [-0.1, -0.05) is 20.8 Å². The molecule has 1 fully saturated rings. The van der Waals surface area contributed by atoms with Crippen LogP contribution in [0.2, 0.25) is 0 Å². The Morgan fingerprint density at radius 3 is 2.58 bits per heavy atom. The smallest absolute Gasteiger partial charge is 0.138 e. The van der Waals surface area contributed by atoms with Crippen LogP contribution >= 0.6 is 0 Å². The number of hydrogen-bond acceptors (Lipinski definition) is 2. The Labute approximate surface area is 72.8 Å². The topological polar surface area (TPSA) is 30.7 Å². The summed E-state index contributed by atoms with van der Waals surface area (Å²) in [7, 11) is 0. The number of hydrogen-bond donors (Lipinski definition) is 0. The van der Waals surface area contributed by atoms with Gasteiger partial charge in [0.05, 0.1) is 6.04 Å². The van der Waals surface area contributed by atoms with Gasteiger partial charge in [0.1, 0.15) is 12.2 Å².